The summed E-state index contributed by atoms with van der Waals surface area (Å²) in [5.41, 5.74) is 11.7. The molecule has 2 aromatic heterocycles. The van der Waals surface area contributed by atoms with Crippen LogP contribution in [0.4, 0.5) is 0 Å². The van der Waals surface area contributed by atoms with Crippen molar-refractivity contribution in [1.29, 1.82) is 0 Å². The Morgan fingerprint density at radius 2 is 1.92 bits per heavy atom. The van der Waals surface area contributed by atoms with Crippen LogP contribution >= 0.6 is 0 Å². The van der Waals surface area contributed by atoms with Gasteiger partial charge in [0.2, 0.25) is 5.91 Å². The highest BCUT2D eigenvalue weighted by molar-refractivity contribution is 5.94. The number of hydrogen-bond acceptors (Lipinski definition) is 3. The molecule has 0 aliphatic heterocycles. The van der Waals surface area contributed by atoms with Gasteiger partial charge in [-0.15, -0.1) is 0 Å². The number of aryl methyl sites for hydroxylation is 1. The molecular formula is C21H18N4O. The lowest BCUT2D eigenvalue weighted by Gasteiger charge is -2.06. The van der Waals surface area contributed by atoms with Crippen molar-refractivity contribution in [2.75, 3.05) is 0 Å². The van der Waals surface area contributed by atoms with Gasteiger partial charge in [0.1, 0.15) is 0 Å². The molecule has 0 saturated heterocycles. The molecule has 5 heteroatoms. The summed E-state index contributed by atoms with van der Waals surface area (Å²) in [6.07, 6.45) is 2.51. The molecular weight excluding hydrogens is 324 g/mol. The monoisotopic (exact) mass is 342 g/mol. The van der Waals surface area contributed by atoms with Crippen molar-refractivity contribution in [2.24, 2.45) is 5.73 Å². The average molecular weight is 342 g/mol. The van der Waals surface area contributed by atoms with E-state index in [2.05, 4.69) is 36.2 Å². The van der Waals surface area contributed by atoms with Crippen LogP contribution in [0.3, 0.4) is 0 Å². The Bertz CT molecular complexity index is 1110. The van der Waals surface area contributed by atoms with Gasteiger partial charge >= 0.3 is 0 Å². The quantitative estimate of drug-likeness (QED) is 0.618. The van der Waals surface area contributed by atoms with Crippen LogP contribution in [-0.4, -0.2) is 20.5 Å². The first-order valence-corrected chi connectivity index (χ1v) is 8.39. The lowest BCUT2D eigenvalue weighted by molar-refractivity contribution is 0.100. The third kappa shape index (κ3) is 3.07. The van der Waals surface area contributed by atoms with E-state index < -0.39 is 5.91 Å². The summed E-state index contributed by atoms with van der Waals surface area (Å²) >= 11 is 0. The van der Waals surface area contributed by atoms with E-state index in [1.54, 1.807) is 18.3 Å². The van der Waals surface area contributed by atoms with Crippen molar-refractivity contribution in [3.8, 4) is 11.3 Å². The number of amides is 1. The Kier molecular flexibility index (Phi) is 3.97. The van der Waals surface area contributed by atoms with Crippen molar-refractivity contribution in [3.05, 3.63) is 89.2 Å². The summed E-state index contributed by atoms with van der Waals surface area (Å²) in [7, 11) is 0. The highest BCUT2D eigenvalue weighted by atomic mass is 16.1. The van der Waals surface area contributed by atoms with E-state index in [9.17, 15) is 4.79 Å². The van der Waals surface area contributed by atoms with Crippen LogP contribution in [0.1, 0.15) is 27.2 Å². The van der Waals surface area contributed by atoms with Crippen LogP contribution in [-0.2, 0) is 6.42 Å². The van der Waals surface area contributed by atoms with E-state index in [1.807, 2.05) is 28.8 Å². The van der Waals surface area contributed by atoms with Gasteiger partial charge in [0.25, 0.3) is 0 Å². The van der Waals surface area contributed by atoms with Crippen LogP contribution < -0.4 is 5.73 Å². The SMILES string of the molecule is Cc1cccc(Cc2ccc3ncc(-c4cccc(C(N)=O)c4)n3n2)c1. The number of primary amides is 1. The topological polar surface area (TPSA) is 73.3 Å². The minimum absolute atomic E-state index is 0.450. The average Bonchev–Trinajstić information content (AvgIpc) is 3.05. The van der Waals surface area contributed by atoms with Gasteiger partial charge in [0.05, 0.1) is 17.6 Å². The maximum atomic E-state index is 11.5. The molecule has 2 aromatic carbocycles. The Morgan fingerprint density at radius 3 is 2.73 bits per heavy atom. The fraction of sp³-hybridized carbons (Fsp3) is 0.0952. The summed E-state index contributed by atoms with van der Waals surface area (Å²) in [6.45, 7) is 2.08. The second-order valence-corrected chi connectivity index (χ2v) is 6.35. The van der Waals surface area contributed by atoms with E-state index in [0.29, 0.717) is 5.56 Å². The van der Waals surface area contributed by atoms with E-state index in [1.165, 1.54) is 11.1 Å². The molecule has 0 saturated carbocycles. The van der Waals surface area contributed by atoms with Crippen molar-refractivity contribution in [1.82, 2.24) is 14.6 Å². The molecule has 5 nitrogen and oxygen atoms in total. The summed E-state index contributed by atoms with van der Waals surface area (Å²) in [5, 5.41) is 4.75. The van der Waals surface area contributed by atoms with Crippen LogP contribution in [0.15, 0.2) is 66.9 Å². The van der Waals surface area contributed by atoms with Crippen LogP contribution in [0, 0.1) is 6.92 Å². The van der Waals surface area contributed by atoms with E-state index in [0.717, 1.165) is 29.0 Å². The van der Waals surface area contributed by atoms with E-state index in [-0.39, 0.29) is 0 Å². The predicted molar refractivity (Wildman–Crippen MR) is 101 cm³/mol. The molecule has 0 aliphatic carbocycles. The Morgan fingerprint density at radius 1 is 1.08 bits per heavy atom. The number of fused-ring (bicyclic) bond motifs is 1. The van der Waals surface area contributed by atoms with Crippen LogP contribution in [0.25, 0.3) is 16.9 Å². The molecule has 128 valence electrons. The van der Waals surface area contributed by atoms with Crippen molar-refractivity contribution in [2.45, 2.75) is 13.3 Å². The minimum Gasteiger partial charge on any atom is -0.366 e. The maximum absolute atomic E-state index is 11.5. The molecule has 0 spiro atoms. The normalized spacial score (nSPS) is 11.0. The summed E-state index contributed by atoms with van der Waals surface area (Å²) in [4.78, 5) is 15.9. The highest BCUT2D eigenvalue weighted by Crippen LogP contribution is 2.22. The van der Waals surface area contributed by atoms with Gasteiger partial charge in [-0.1, -0.05) is 42.0 Å². The van der Waals surface area contributed by atoms with Crippen LogP contribution in [0.5, 0.6) is 0 Å². The number of nitrogens with zero attached hydrogens (tertiary/aromatic N) is 3. The molecule has 0 fully saturated rings. The highest BCUT2D eigenvalue weighted by Gasteiger charge is 2.10. The smallest absolute Gasteiger partial charge is 0.248 e. The number of benzene rings is 2. The summed E-state index contributed by atoms with van der Waals surface area (Å²) in [6, 6.07) is 19.6. The first kappa shape index (κ1) is 16.0. The molecule has 0 bridgehead atoms. The zero-order chi connectivity index (χ0) is 18.1. The lowest BCUT2D eigenvalue weighted by atomic mass is 10.1. The van der Waals surface area contributed by atoms with E-state index >= 15 is 0 Å². The number of carbonyl (C=O) groups excluding carboxylic acids is 1. The molecule has 0 radical (unpaired) electrons. The standard InChI is InChI=1S/C21H18N4O/c1-14-4-2-5-15(10-14)11-18-8-9-20-23-13-19(25(20)24-18)16-6-3-7-17(12-16)21(22)26/h2-10,12-13H,11H2,1H3,(H2,22,26). The van der Waals surface area contributed by atoms with Gasteiger partial charge in [-0.2, -0.15) is 5.10 Å². The number of carbonyl (C=O) groups is 1. The lowest BCUT2D eigenvalue weighted by Crippen LogP contribution is -2.10. The second-order valence-electron chi connectivity index (χ2n) is 6.35. The largest absolute Gasteiger partial charge is 0.366 e. The third-order valence-corrected chi connectivity index (χ3v) is 4.33. The Labute approximate surface area is 151 Å². The van der Waals surface area contributed by atoms with Gasteiger partial charge in [-0.3, -0.25) is 4.79 Å². The Hall–Kier alpha value is -3.47. The fourth-order valence-electron chi connectivity index (χ4n) is 3.07. The van der Waals surface area contributed by atoms with Gasteiger partial charge in [0.15, 0.2) is 5.65 Å². The zero-order valence-corrected chi connectivity index (χ0v) is 14.4. The number of rotatable bonds is 4. The predicted octanol–water partition coefficient (Wildman–Crippen LogP) is 3.39. The van der Waals surface area contributed by atoms with Gasteiger partial charge in [-0.25, -0.2) is 9.50 Å². The van der Waals surface area contributed by atoms with Gasteiger partial charge < -0.3 is 5.73 Å². The number of hydrogen-bond donors (Lipinski definition) is 1. The first-order chi connectivity index (χ1) is 12.6. The molecule has 2 N–H and O–H groups in total. The minimum atomic E-state index is -0.450. The van der Waals surface area contributed by atoms with Crippen LogP contribution in [0.2, 0.25) is 0 Å². The molecule has 2 heterocycles. The Balaban J connectivity index is 1.75. The molecule has 0 aliphatic rings. The van der Waals surface area contributed by atoms with Crippen molar-refractivity contribution in [3.63, 3.8) is 0 Å². The number of aromatic nitrogens is 3. The fourth-order valence-corrected chi connectivity index (χ4v) is 3.07. The molecule has 26 heavy (non-hydrogen) atoms. The van der Waals surface area contributed by atoms with Crippen molar-refractivity contribution >= 4 is 11.6 Å². The molecule has 4 aromatic rings. The number of nitrogens with two attached hydrogens (primary N) is 1. The summed E-state index contributed by atoms with van der Waals surface area (Å²) in [5.74, 6) is -0.450. The third-order valence-electron chi connectivity index (χ3n) is 4.33. The summed E-state index contributed by atoms with van der Waals surface area (Å²) < 4.78 is 1.81. The van der Waals surface area contributed by atoms with Gasteiger partial charge in [-0.05, 0) is 36.8 Å². The van der Waals surface area contributed by atoms with Gasteiger partial charge in [0, 0.05) is 17.5 Å². The van der Waals surface area contributed by atoms with E-state index in [4.69, 9.17) is 10.8 Å². The maximum Gasteiger partial charge on any atom is 0.248 e. The molecule has 1 amide bonds. The zero-order valence-electron chi connectivity index (χ0n) is 14.4. The second kappa shape index (κ2) is 6.44. The molecule has 4 rings (SSSR count). The number of imidazole rings is 1. The first-order valence-electron chi connectivity index (χ1n) is 8.39. The molecule has 0 unspecified atom stereocenters. The van der Waals surface area contributed by atoms with Crippen molar-refractivity contribution < 1.29 is 4.79 Å². The molecule has 0 atom stereocenters.